The van der Waals surface area contributed by atoms with Crippen molar-refractivity contribution in [2.24, 2.45) is 0 Å². The second kappa shape index (κ2) is 8.73. The largest absolute Gasteiger partial charge is 0.325 e. The van der Waals surface area contributed by atoms with Crippen molar-refractivity contribution in [2.75, 3.05) is 22.1 Å². The summed E-state index contributed by atoms with van der Waals surface area (Å²) >= 11 is 1.30. The summed E-state index contributed by atoms with van der Waals surface area (Å²) in [4.78, 5) is 24.3. The van der Waals surface area contributed by atoms with Gasteiger partial charge >= 0.3 is 0 Å². The van der Waals surface area contributed by atoms with Crippen LogP contribution in [0.25, 0.3) is 10.8 Å². The van der Waals surface area contributed by atoms with E-state index in [1.54, 1.807) is 0 Å². The highest BCUT2D eigenvalue weighted by atomic mass is 32.2. The maximum absolute atomic E-state index is 12.2. The number of nitrogens with one attached hydrogen (secondary N) is 2. The maximum atomic E-state index is 12.2. The van der Waals surface area contributed by atoms with Crippen molar-refractivity contribution < 1.29 is 9.59 Å². The molecule has 0 unspecified atom stereocenters. The normalized spacial score (nSPS) is 10.6. The number of hydrogen-bond donors (Lipinski definition) is 2. The first-order valence-electron chi connectivity index (χ1n) is 8.75. The monoisotopic (exact) mass is 378 g/mol. The van der Waals surface area contributed by atoms with E-state index in [-0.39, 0.29) is 23.3 Å². The first-order chi connectivity index (χ1) is 13.0. The molecule has 0 radical (unpaired) electrons. The molecule has 0 spiro atoms. The van der Waals surface area contributed by atoms with E-state index in [0.29, 0.717) is 0 Å². The van der Waals surface area contributed by atoms with Crippen molar-refractivity contribution in [1.82, 2.24) is 0 Å². The summed E-state index contributed by atoms with van der Waals surface area (Å²) in [6, 6.07) is 19.5. The molecule has 2 amide bonds. The number of thioether (sulfide) groups is 1. The molecule has 2 N–H and O–H groups in total. The Kier molecular flexibility index (Phi) is 6.14. The molecule has 0 fully saturated rings. The van der Waals surface area contributed by atoms with Crippen molar-refractivity contribution >= 4 is 45.7 Å². The number of carbonyl (C=O) groups excluding carboxylic acids is 2. The van der Waals surface area contributed by atoms with Gasteiger partial charge in [0.25, 0.3) is 0 Å². The molecule has 0 atom stereocenters. The molecule has 4 nitrogen and oxygen atoms in total. The summed E-state index contributed by atoms with van der Waals surface area (Å²) in [5.74, 6) is 0.232. The molecule has 0 saturated carbocycles. The number of rotatable bonds is 6. The van der Waals surface area contributed by atoms with E-state index in [1.807, 2.05) is 74.5 Å². The Balaban J connectivity index is 1.49. The minimum absolute atomic E-state index is 0.110. The van der Waals surface area contributed by atoms with Crippen LogP contribution in [0.4, 0.5) is 11.4 Å². The Morgan fingerprint density at radius 3 is 2.30 bits per heavy atom. The van der Waals surface area contributed by atoms with Crippen LogP contribution in [0.15, 0.2) is 60.7 Å². The third-order valence-electron chi connectivity index (χ3n) is 4.32. The SMILES string of the molecule is Cc1ccc(NC(=O)CSCC(=O)Nc2cccc3ccccc23)cc1C. The molecule has 3 rings (SSSR count). The highest BCUT2D eigenvalue weighted by molar-refractivity contribution is 8.00. The molecule has 0 aromatic heterocycles. The molecule has 0 heterocycles. The minimum atomic E-state index is -0.115. The molecule has 3 aromatic carbocycles. The van der Waals surface area contributed by atoms with Gasteiger partial charge in [-0.25, -0.2) is 0 Å². The molecule has 27 heavy (non-hydrogen) atoms. The molecule has 0 bridgehead atoms. The summed E-state index contributed by atoms with van der Waals surface area (Å²) in [6.45, 7) is 4.04. The van der Waals surface area contributed by atoms with Crippen LogP contribution in [0.2, 0.25) is 0 Å². The average molecular weight is 378 g/mol. The van der Waals surface area contributed by atoms with E-state index < -0.39 is 0 Å². The van der Waals surface area contributed by atoms with Crippen molar-refractivity contribution in [3.05, 3.63) is 71.8 Å². The van der Waals surface area contributed by atoms with Gasteiger partial charge in [-0.05, 0) is 48.6 Å². The Hall–Kier alpha value is -2.79. The first-order valence-corrected chi connectivity index (χ1v) is 9.91. The number of fused-ring (bicyclic) bond motifs is 1. The number of anilines is 2. The van der Waals surface area contributed by atoms with Crippen LogP contribution in [0.5, 0.6) is 0 Å². The molecule has 0 aliphatic rings. The van der Waals surface area contributed by atoms with Gasteiger partial charge in [-0.3, -0.25) is 9.59 Å². The van der Waals surface area contributed by atoms with Gasteiger partial charge in [-0.1, -0.05) is 42.5 Å². The van der Waals surface area contributed by atoms with E-state index in [9.17, 15) is 9.59 Å². The topological polar surface area (TPSA) is 58.2 Å². The minimum Gasteiger partial charge on any atom is -0.325 e. The van der Waals surface area contributed by atoms with E-state index in [4.69, 9.17) is 0 Å². The summed E-state index contributed by atoms with van der Waals surface area (Å²) in [5, 5.41) is 7.88. The van der Waals surface area contributed by atoms with Gasteiger partial charge in [0.2, 0.25) is 11.8 Å². The lowest BCUT2D eigenvalue weighted by Gasteiger charge is -2.09. The van der Waals surface area contributed by atoms with Crippen LogP contribution < -0.4 is 10.6 Å². The molecule has 3 aromatic rings. The van der Waals surface area contributed by atoms with Crippen molar-refractivity contribution in [2.45, 2.75) is 13.8 Å². The van der Waals surface area contributed by atoms with E-state index in [1.165, 1.54) is 17.3 Å². The maximum Gasteiger partial charge on any atom is 0.234 e. The number of amides is 2. The fourth-order valence-electron chi connectivity index (χ4n) is 2.77. The average Bonchev–Trinajstić information content (AvgIpc) is 2.65. The summed E-state index contributed by atoms with van der Waals surface area (Å²) in [6.07, 6.45) is 0. The van der Waals surface area contributed by atoms with Gasteiger partial charge in [-0.15, -0.1) is 11.8 Å². The van der Waals surface area contributed by atoms with E-state index in [2.05, 4.69) is 10.6 Å². The summed E-state index contributed by atoms with van der Waals surface area (Å²) in [5.41, 5.74) is 3.89. The third kappa shape index (κ3) is 5.11. The Morgan fingerprint density at radius 2 is 1.52 bits per heavy atom. The van der Waals surface area contributed by atoms with Crippen molar-refractivity contribution in [3.63, 3.8) is 0 Å². The number of hydrogen-bond acceptors (Lipinski definition) is 3. The quantitative estimate of drug-likeness (QED) is 0.650. The van der Waals surface area contributed by atoms with E-state index in [0.717, 1.165) is 27.7 Å². The third-order valence-corrected chi connectivity index (χ3v) is 5.25. The summed E-state index contributed by atoms with van der Waals surface area (Å²) in [7, 11) is 0. The van der Waals surface area contributed by atoms with Crippen LogP contribution in [0.1, 0.15) is 11.1 Å². The van der Waals surface area contributed by atoms with Crippen LogP contribution >= 0.6 is 11.8 Å². The summed E-state index contributed by atoms with van der Waals surface area (Å²) < 4.78 is 0. The molecule has 138 valence electrons. The van der Waals surface area contributed by atoms with Gasteiger partial charge in [0.1, 0.15) is 0 Å². The lowest BCUT2D eigenvalue weighted by Crippen LogP contribution is -2.18. The Morgan fingerprint density at radius 1 is 0.815 bits per heavy atom. The zero-order valence-corrected chi connectivity index (χ0v) is 16.2. The number of carbonyl (C=O) groups is 2. The fourth-order valence-corrected chi connectivity index (χ4v) is 3.39. The van der Waals surface area contributed by atoms with Gasteiger partial charge in [-0.2, -0.15) is 0 Å². The van der Waals surface area contributed by atoms with Crippen LogP contribution in [0.3, 0.4) is 0 Å². The first kappa shape index (κ1) is 19.0. The highest BCUT2D eigenvalue weighted by Crippen LogP contribution is 2.23. The van der Waals surface area contributed by atoms with Crippen LogP contribution in [-0.2, 0) is 9.59 Å². The standard InChI is InChI=1S/C22H22N2O2S/c1-15-10-11-18(12-16(15)2)23-21(25)13-27-14-22(26)24-20-9-5-7-17-6-3-4-8-19(17)20/h3-12H,13-14H2,1-2H3,(H,23,25)(H,24,26). The van der Waals surface area contributed by atoms with E-state index >= 15 is 0 Å². The highest BCUT2D eigenvalue weighted by Gasteiger charge is 2.08. The molecular formula is C22H22N2O2S. The molecule has 0 saturated heterocycles. The smallest absolute Gasteiger partial charge is 0.234 e. The predicted molar refractivity (Wildman–Crippen MR) is 114 cm³/mol. The molecule has 0 aliphatic heterocycles. The zero-order valence-electron chi connectivity index (χ0n) is 15.4. The van der Waals surface area contributed by atoms with Gasteiger partial charge in [0.15, 0.2) is 0 Å². The van der Waals surface area contributed by atoms with Crippen LogP contribution in [0, 0.1) is 13.8 Å². The van der Waals surface area contributed by atoms with Gasteiger partial charge in [0, 0.05) is 16.8 Å². The van der Waals surface area contributed by atoms with Gasteiger partial charge < -0.3 is 10.6 Å². The molecule has 5 heteroatoms. The Bertz CT molecular complexity index is 980. The predicted octanol–water partition coefficient (Wildman–Crippen LogP) is 4.77. The lowest BCUT2D eigenvalue weighted by atomic mass is 10.1. The second-order valence-electron chi connectivity index (χ2n) is 6.41. The van der Waals surface area contributed by atoms with Gasteiger partial charge in [0.05, 0.1) is 11.5 Å². The number of aryl methyl sites for hydroxylation is 2. The zero-order chi connectivity index (χ0) is 19.2. The second-order valence-corrected chi connectivity index (χ2v) is 7.40. The number of benzene rings is 3. The Labute approximate surface area is 163 Å². The fraction of sp³-hybridized carbons (Fsp3) is 0.182. The molecule has 0 aliphatic carbocycles. The molecular weight excluding hydrogens is 356 g/mol. The van der Waals surface area contributed by atoms with Crippen LogP contribution in [-0.4, -0.2) is 23.3 Å². The van der Waals surface area contributed by atoms with Crippen molar-refractivity contribution in [1.29, 1.82) is 0 Å². The lowest BCUT2D eigenvalue weighted by molar-refractivity contribution is -0.114. The van der Waals surface area contributed by atoms with Crippen molar-refractivity contribution in [3.8, 4) is 0 Å².